The molecule has 0 aliphatic rings. The van der Waals surface area contributed by atoms with E-state index in [0.29, 0.717) is 46.6 Å². The Morgan fingerprint density at radius 3 is 1.77 bits per heavy atom. The van der Waals surface area contributed by atoms with Crippen molar-refractivity contribution in [3.8, 4) is 17.2 Å². The van der Waals surface area contributed by atoms with Crippen LogP contribution >= 0.6 is 0 Å². The minimum Gasteiger partial charge on any atom is -0.744 e. The van der Waals surface area contributed by atoms with Crippen LogP contribution in [0.2, 0.25) is 0 Å². The predicted molar refractivity (Wildman–Crippen MR) is 125 cm³/mol. The number of nitrogens with zero attached hydrogens (tertiary/aromatic N) is 4. The zero-order valence-electron chi connectivity index (χ0n) is 20.0. The third-order valence-electron chi connectivity index (χ3n) is 4.56. The summed E-state index contributed by atoms with van der Waals surface area (Å²) in [4.78, 5) is -0.346. The molecule has 0 amide bonds. The van der Waals surface area contributed by atoms with Gasteiger partial charge in [0.25, 0.3) is 0 Å². The summed E-state index contributed by atoms with van der Waals surface area (Å²) in [5.41, 5.74) is 2.70. The molecule has 0 aliphatic heterocycles. The van der Waals surface area contributed by atoms with Gasteiger partial charge in [0.1, 0.15) is 44.4 Å². The Hall–Kier alpha value is -2.83. The van der Waals surface area contributed by atoms with Crippen LogP contribution in [0.4, 0.5) is 22.7 Å². The Kier molecular flexibility index (Phi) is 10.3. The number of hydrogen-bond donors (Lipinski definition) is 0. The average molecular weight is 507 g/mol. The van der Waals surface area contributed by atoms with Gasteiger partial charge in [0, 0.05) is 12.1 Å². The minimum absolute atomic E-state index is 0. The Morgan fingerprint density at radius 1 is 0.771 bits per heavy atom. The van der Waals surface area contributed by atoms with Crippen LogP contribution in [-0.2, 0) is 10.1 Å². The molecule has 0 saturated carbocycles. The third-order valence-corrected chi connectivity index (χ3v) is 5.41. The van der Waals surface area contributed by atoms with Gasteiger partial charge < -0.3 is 18.8 Å². The number of methoxy groups -OCH3 is 2. The Balaban J connectivity index is 0.00000432. The molecular weight excluding hydrogens is 483 g/mol. The standard InChI is InChI=1S/C23H24N4O6S.Na/c1-5-33-21-11-6-15(2)12-18(21)26-27-20-14-22(31-3)19(13-23(20)32-4)25-24-16-7-9-17(10-8-16)34(28,29)30;/h6-14H,5H2,1-4H3,(H,28,29,30);/q;+1/p-1. The number of ether oxygens (including phenoxy) is 3. The molecular formula is C23H23N4NaO6S. The van der Waals surface area contributed by atoms with E-state index >= 15 is 0 Å². The Morgan fingerprint density at radius 2 is 1.29 bits per heavy atom. The van der Waals surface area contributed by atoms with Crippen molar-refractivity contribution in [2.24, 2.45) is 20.5 Å². The van der Waals surface area contributed by atoms with Crippen LogP contribution < -0.4 is 43.8 Å². The van der Waals surface area contributed by atoms with E-state index < -0.39 is 10.1 Å². The van der Waals surface area contributed by atoms with Gasteiger partial charge in [-0.2, -0.15) is 5.11 Å². The van der Waals surface area contributed by atoms with Gasteiger partial charge in [0.15, 0.2) is 0 Å². The second kappa shape index (κ2) is 12.8. The van der Waals surface area contributed by atoms with Gasteiger partial charge in [-0.1, -0.05) is 6.07 Å². The van der Waals surface area contributed by atoms with Crippen LogP contribution in [0.25, 0.3) is 0 Å². The molecule has 0 N–H and O–H groups in total. The smallest absolute Gasteiger partial charge is 0.744 e. The monoisotopic (exact) mass is 506 g/mol. The summed E-state index contributed by atoms with van der Waals surface area (Å²) in [6.07, 6.45) is 0. The van der Waals surface area contributed by atoms with E-state index in [2.05, 4.69) is 20.5 Å². The second-order valence-electron chi connectivity index (χ2n) is 6.95. The molecule has 0 aromatic heterocycles. The molecule has 3 aromatic carbocycles. The van der Waals surface area contributed by atoms with Crippen LogP contribution in [0.15, 0.2) is 79.9 Å². The van der Waals surface area contributed by atoms with Crippen LogP contribution in [0.5, 0.6) is 17.2 Å². The number of hydrogen-bond acceptors (Lipinski definition) is 10. The maximum Gasteiger partial charge on any atom is 1.00 e. The molecule has 0 spiro atoms. The van der Waals surface area contributed by atoms with Crippen molar-refractivity contribution in [2.45, 2.75) is 18.7 Å². The maximum atomic E-state index is 11.1. The number of aryl methyl sites for hydroxylation is 1. The quantitative estimate of drug-likeness (QED) is 0.249. The molecule has 178 valence electrons. The topological polar surface area (TPSA) is 134 Å². The van der Waals surface area contributed by atoms with E-state index in [4.69, 9.17) is 14.2 Å². The molecule has 3 aromatic rings. The van der Waals surface area contributed by atoms with E-state index in [-0.39, 0.29) is 34.5 Å². The fraction of sp³-hybridized carbons (Fsp3) is 0.217. The summed E-state index contributed by atoms with van der Waals surface area (Å²) in [6.45, 7) is 4.34. The van der Waals surface area contributed by atoms with Gasteiger partial charge >= 0.3 is 29.6 Å². The molecule has 0 atom stereocenters. The Bertz CT molecular complexity index is 1330. The van der Waals surface area contributed by atoms with E-state index in [9.17, 15) is 13.0 Å². The maximum absolute atomic E-state index is 11.1. The molecule has 12 heteroatoms. The van der Waals surface area contributed by atoms with E-state index in [1.807, 2.05) is 32.0 Å². The zero-order valence-corrected chi connectivity index (χ0v) is 22.9. The van der Waals surface area contributed by atoms with Gasteiger partial charge in [0.2, 0.25) is 0 Å². The summed E-state index contributed by atoms with van der Waals surface area (Å²) in [5, 5.41) is 16.9. The molecule has 0 saturated heterocycles. The largest absolute Gasteiger partial charge is 1.00 e. The van der Waals surface area contributed by atoms with Gasteiger partial charge in [0.05, 0.1) is 31.4 Å². The molecule has 35 heavy (non-hydrogen) atoms. The summed E-state index contributed by atoms with van der Waals surface area (Å²) in [7, 11) is -1.57. The van der Waals surface area contributed by atoms with Crippen molar-refractivity contribution in [2.75, 3.05) is 20.8 Å². The van der Waals surface area contributed by atoms with E-state index in [1.165, 1.54) is 38.5 Å². The fourth-order valence-corrected chi connectivity index (χ4v) is 3.37. The number of benzene rings is 3. The van der Waals surface area contributed by atoms with Gasteiger partial charge in [-0.15, -0.1) is 15.3 Å². The van der Waals surface area contributed by atoms with Gasteiger partial charge in [-0.05, 0) is 55.8 Å². The second-order valence-corrected chi connectivity index (χ2v) is 8.33. The molecule has 0 radical (unpaired) electrons. The van der Waals surface area contributed by atoms with Crippen LogP contribution in [0.3, 0.4) is 0 Å². The summed E-state index contributed by atoms with van der Waals surface area (Å²) < 4.78 is 49.6. The molecule has 10 nitrogen and oxygen atoms in total. The van der Waals surface area contributed by atoms with Crippen molar-refractivity contribution in [1.29, 1.82) is 0 Å². The van der Waals surface area contributed by atoms with Crippen molar-refractivity contribution in [3.05, 3.63) is 60.2 Å². The van der Waals surface area contributed by atoms with Crippen LogP contribution in [-0.4, -0.2) is 33.8 Å². The number of azo groups is 2. The summed E-state index contributed by atoms with van der Waals surface area (Å²) >= 11 is 0. The van der Waals surface area contributed by atoms with Crippen molar-refractivity contribution in [3.63, 3.8) is 0 Å². The molecule has 0 unspecified atom stereocenters. The fourth-order valence-electron chi connectivity index (χ4n) is 2.90. The SMILES string of the molecule is CCOc1ccc(C)cc1N=Nc1cc(OC)c(N=Nc2ccc(S(=O)(=O)[O-])cc2)cc1OC.[Na+]. The van der Waals surface area contributed by atoms with E-state index in [0.717, 1.165) is 5.56 Å². The molecule has 0 heterocycles. The summed E-state index contributed by atoms with van der Waals surface area (Å²) in [5.74, 6) is 1.37. The van der Waals surface area contributed by atoms with Gasteiger partial charge in [-0.3, -0.25) is 0 Å². The molecule has 0 bridgehead atoms. The zero-order chi connectivity index (χ0) is 24.7. The van der Waals surface area contributed by atoms with Crippen LogP contribution in [0, 0.1) is 6.92 Å². The van der Waals surface area contributed by atoms with Crippen LogP contribution in [0.1, 0.15) is 12.5 Å². The molecule has 3 rings (SSSR count). The first-order chi connectivity index (χ1) is 16.2. The molecule has 0 fully saturated rings. The summed E-state index contributed by atoms with van der Waals surface area (Å²) in [6, 6.07) is 13.9. The van der Waals surface area contributed by atoms with Crippen molar-refractivity contribution < 1.29 is 56.7 Å². The first-order valence-corrected chi connectivity index (χ1v) is 11.5. The van der Waals surface area contributed by atoms with Crippen molar-refractivity contribution >= 4 is 32.9 Å². The van der Waals surface area contributed by atoms with Gasteiger partial charge in [-0.25, -0.2) is 8.42 Å². The normalized spacial score (nSPS) is 11.5. The third kappa shape index (κ3) is 7.58. The first-order valence-electron chi connectivity index (χ1n) is 10.1. The molecule has 0 aliphatic carbocycles. The predicted octanol–water partition coefficient (Wildman–Crippen LogP) is 3.15. The first kappa shape index (κ1) is 28.4. The number of rotatable bonds is 9. The average Bonchev–Trinajstić information content (AvgIpc) is 2.82. The van der Waals surface area contributed by atoms with E-state index in [1.54, 1.807) is 12.1 Å². The van der Waals surface area contributed by atoms with Crippen molar-refractivity contribution in [1.82, 2.24) is 0 Å². The Labute approximate surface area is 226 Å². The minimum atomic E-state index is -4.53.